The molecule has 4 rings (SSSR count). The van der Waals surface area contributed by atoms with Gasteiger partial charge in [-0.15, -0.1) is 0 Å². The lowest BCUT2D eigenvalue weighted by Crippen LogP contribution is -2.32. The number of hydrogen-bond donors (Lipinski definition) is 1. The highest BCUT2D eigenvalue weighted by atomic mass is 35.5. The number of aryl methyl sites for hydroxylation is 4. The van der Waals surface area contributed by atoms with Crippen LogP contribution in [0.15, 0.2) is 66.4 Å². The molecule has 156 valence electrons. The van der Waals surface area contributed by atoms with Gasteiger partial charge >= 0.3 is 0 Å². The van der Waals surface area contributed by atoms with Crippen molar-refractivity contribution in [1.82, 2.24) is 0 Å². The maximum Gasteiger partial charge on any atom is 0.282 e. The zero-order valence-electron chi connectivity index (χ0n) is 17.9. The van der Waals surface area contributed by atoms with Gasteiger partial charge in [0.1, 0.15) is 5.70 Å². The van der Waals surface area contributed by atoms with Crippen LogP contribution in [0, 0.1) is 27.7 Å². The summed E-state index contributed by atoms with van der Waals surface area (Å²) in [6, 6.07) is 18.6. The number of imide groups is 1. The lowest BCUT2D eigenvalue weighted by atomic mass is 9.99. The SMILES string of the molecule is Cc1ccc(C)c(NC2=C(c3ccc(C)c(C)c3)C(=O)N(c3ccccc3Cl)C2=O)c1. The highest BCUT2D eigenvalue weighted by Gasteiger charge is 2.41. The first-order chi connectivity index (χ1) is 14.8. The molecule has 0 radical (unpaired) electrons. The molecular formula is C26H23ClN2O2. The number of halogens is 1. The Morgan fingerprint density at radius 1 is 0.774 bits per heavy atom. The van der Waals surface area contributed by atoms with Gasteiger partial charge in [-0.1, -0.05) is 54.1 Å². The molecule has 1 heterocycles. The van der Waals surface area contributed by atoms with Crippen molar-refractivity contribution >= 4 is 40.4 Å². The summed E-state index contributed by atoms with van der Waals surface area (Å²) in [5.74, 6) is -0.818. The predicted molar refractivity (Wildman–Crippen MR) is 126 cm³/mol. The number of carbonyl (C=O) groups is 2. The number of anilines is 2. The van der Waals surface area contributed by atoms with Crippen LogP contribution in [0.4, 0.5) is 11.4 Å². The van der Waals surface area contributed by atoms with E-state index in [1.807, 2.05) is 64.1 Å². The molecule has 0 unspecified atom stereocenters. The fraction of sp³-hybridized carbons (Fsp3) is 0.154. The summed E-state index contributed by atoms with van der Waals surface area (Å²) in [6.07, 6.45) is 0. The van der Waals surface area contributed by atoms with Crippen LogP contribution in [0.3, 0.4) is 0 Å². The van der Waals surface area contributed by atoms with Gasteiger partial charge in [-0.3, -0.25) is 9.59 Å². The van der Waals surface area contributed by atoms with Gasteiger partial charge in [-0.2, -0.15) is 0 Å². The van der Waals surface area contributed by atoms with Crippen molar-refractivity contribution in [3.8, 4) is 0 Å². The van der Waals surface area contributed by atoms with Crippen molar-refractivity contribution in [3.05, 3.63) is 99.2 Å². The summed E-state index contributed by atoms with van der Waals surface area (Å²) in [5.41, 5.74) is 6.66. The molecule has 31 heavy (non-hydrogen) atoms. The van der Waals surface area contributed by atoms with Crippen molar-refractivity contribution in [3.63, 3.8) is 0 Å². The summed E-state index contributed by atoms with van der Waals surface area (Å²) in [5, 5.41) is 3.60. The van der Waals surface area contributed by atoms with E-state index in [2.05, 4.69) is 5.32 Å². The van der Waals surface area contributed by atoms with Crippen LogP contribution in [-0.4, -0.2) is 11.8 Å². The number of hydrogen-bond acceptors (Lipinski definition) is 3. The normalized spacial score (nSPS) is 13.9. The highest BCUT2D eigenvalue weighted by Crippen LogP contribution is 2.37. The monoisotopic (exact) mass is 430 g/mol. The maximum absolute atomic E-state index is 13.6. The first kappa shape index (κ1) is 20.9. The van der Waals surface area contributed by atoms with Gasteiger partial charge in [0.05, 0.1) is 16.3 Å². The molecule has 0 saturated heterocycles. The van der Waals surface area contributed by atoms with Gasteiger partial charge in [0.15, 0.2) is 0 Å². The van der Waals surface area contributed by atoms with E-state index in [0.717, 1.165) is 32.8 Å². The topological polar surface area (TPSA) is 49.4 Å². The van der Waals surface area contributed by atoms with Crippen LogP contribution in [0.2, 0.25) is 5.02 Å². The number of rotatable bonds is 4. The average Bonchev–Trinajstić information content (AvgIpc) is 2.97. The largest absolute Gasteiger partial charge is 0.350 e. The Balaban J connectivity index is 1.89. The molecule has 0 saturated carbocycles. The van der Waals surface area contributed by atoms with E-state index in [0.29, 0.717) is 21.8 Å². The second-order valence-electron chi connectivity index (χ2n) is 7.89. The molecule has 0 atom stereocenters. The van der Waals surface area contributed by atoms with Gasteiger partial charge in [-0.25, -0.2) is 4.90 Å². The summed E-state index contributed by atoms with van der Waals surface area (Å²) in [7, 11) is 0. The molecule has 3 aromatic rings. The second-order valence-corrected chi connectivity index (χ2v) is 8.30. The van der Waals surface area contributed by atoms with Crippen molar-refractivity contribution in [1.29, 1.82) is 0 Å². The number of carbonyl (C=O) groups excluding carboxylic acids is 2. The maximum atomic E-state index is 13.6. The quantitative estimate of drug-likeness (QED) is 0.518. The van der Waals surface area contributed by atoms with E-state index >= 15 is 0 Å². The van der Waals surface area contributed by atoms with Gasteiger partial charge in [0.2, 0.25) is 0 Å². The van der Waals surface area contributed by atoms with Gasteiger partial charge in [0.25, 0.3) is 11.8 Å². The Bertz CT molecular complexity index is 1260. The van der Waals surface area contributed by atoms with E-state index in [1.54, 1.807) is 24.3 Å². The lowest BCUT2D eigenvalue weighted by molar-refractivity contribution is -0.120. The van der Waals surface area contributed by atoms with Gasteiger partial charge in [0, 0.05) is 5.69 Å². The van der Waals surface area contributed by atoms with Gasteiger partial charge < -0.3 is 5.32 Å². The number of para-hydroxylation sites is 1. The molecule has 0 aliphatic carbocycles. The Kier molecular flexibility index (Phi) is 5.42. The molecule has 0 aromatic heterocycles. The van der Waals surface area contributed by atoms with Crippen LogP contribution in [0.1, 0.15) is 27.8 Å². The second kappa shape index (κ2) is 8.05. The van der Waals surface area contributed by atoms with Gasteiger partial charge in [-0.05, 0) is 73.7 Å². The zero-order valence-corrected chi connectivity index (χ0v) is 18.7. The Morgan fingerprint density at radius 3 is 2.19 bits per heavy atom. The van der Waals surface area contributed by atoms with Crippen LogP contribution < -0.4 is 10.2 Å². The fourth-order valence-electron chi connectivity index (χ4n) is 3.67. The lowest BCUT2D eigenvalue weighted by Gasteiger charge is -2.17. The predicted octanol–water partition coefficient (Wildman–Crippen LogP) is 5.97. The minimum atomic E-state index is -0.424. The van der Waals surface area contributed by atoms with Crippen LogP contribution in [0.25, 0.3) is 5.57 Å². The molecular weight excluding hydrogens is 408 g/mol. The third kappa shape index (κ3) is 3.75. The first-order valence-electron chi connectivity index (χ1n) is 10.1. The molecule has 1 aliphatic heterocycles. The Labute approximate surface area is 187 Å². The molecule has 3 aromatic carbocycles. The molecule has 1 aliphatic rings. The van der Waals surface area contributed by atoms with Crippen molar-refractivity contribution < 1.29 is 9.59 Å². The van der Waals surface area contributed by atoms with Crippen molar-refractivity contribution in [2.75, 3.05) is 10.2 Å². The summed E-state index contributed by atoms with van der Waals surface area (Å²) >= 11 is 6.34. The zero-order chi connectivity index (χ0) is 22.3. The van der Waals surface area contributed by atoms with E-state index in [1.165, 1.54) is 0 Å². The highest BCUT2D eigenvalue weighted by molar-refractivity contribution is 6.48. The van der Waals surface area contributed by atoms with E-state index < -0.39 is 11.8 Å². The van der Waals surface area contributed by atoms with E-state index in [-0.39, 0.29) is 5.70 Å². The summed E-state index contributed by atoms with van der Waals surface area (Å²) in [6.45, 7) is 7.96. The number of amides is 2. The van der Waals surface area contributed by atoms with Crippen LogP contribution >= 0.6 is 11.6 Å². The Hall–Kier alpha value is -3.37. The molecule has 2 amide bonds. The van der Waals surface area contributed by atoms with Crippen LogP contribution in [0.5, 0.6) is 0 Å². The molecule has 4 nitrogen and oxygen atoms in total. The minimum Gasteiger partial charge on any atom is -0.350 e. The molecule has 0 spiro atoms. The molecule has 5 heteroatoms. The van der Waals surface area contributed by atoms with Crippen molar-refractivity contribution in [2.45, 2.75) is 27.7 Å². The smallest absolute Gasteiger partial charge is 0.282 e. The average molecular weight is 431 g/mol. The standard InChI is InChI=1S/C26H23ClN2O2/c1-15-9-10-17(3)21(13-15)28-24-23(19-12-11-16(2)18(4)14-19)25(30)29(26(24)31)22-8-6-5-7-20(22)27/h5-14,28H,1-4H3. The van der Waals surface area contributed by atoms with Crippen molar-refractivity contribution in [2.24, 2.45) is 0 Å². The minimum absolute atomic E-state index is 0.252. The van der Waals surface area contributed by atoms with E-state index in [9.17, 15) is 9.59 Å². The van der Waals surface area contributed by atoms with Crippen LogP contribution in [-0.2, 0) is 9.59 Å². The molecule has 0 fully saturated rings. The number of benzene rings is 3. The summed E-state index contributed by atoms with van der Waals surface area (Å²) < 4.78 is 0. The van der Waals surface area contributed by atoms with E-state index in [4.69, 9.17) is 11.6 Å². The number of nitrogens with one attached hydrogen (secondary N) is 1. The first-order valence-corrected chi connectivity index (χ1v) is 10.4. The number of nitrogens with zero attached hydrogens (tertiary/aromatic N) is 1. The third-order valence-corrected chi connectivity index (χ3v) is 5.95. The summed E-state index contributed by atoms with van der Waals surface area (Å²) in [4.78, 5) is 28.3. The Morgan fingerprint density at radius 2 is 1.48 bits per heavy atom. The molecule has 1 N–H and O–H groups in total. The molecule has 0 bridgehead atoms. The fourth-order valence-corrected chi connectivity index (χ4v) is 3.89. The third-order valence-electron chi connectivity index (χ3n) is 5.63.